The summed E-state index contributed by atoms with van der Waals surface area (Å²) < 4.78 is 0.456. The minimum Gasteiger partial charge on any atom is -0.415 e. The van der Waals surface area contributed by atoms with E-state index in [0.717, 1.165) is 0 Å². The van der Waals surface area contributed by atoms with E-state index in [-0.39, 0.29) is 51.4 Å². The van der Waals surface area contributed by atoms with Crippen molar-refractivity contribution >= 4 is 12.2 Å². The molecule has 1 aromatic heterocycles. The Bertz CT molecular complexity index is 202. The third-order valence-corrected chi connectivity index (χ3v) is 0.759. The number of aryl methyl sites for hydroxylation is 1. The van der Waals surface area contributed by atoms with Crippen LogP contribution in [0.15, 0.2) is 0 Å². The minimum atomic E-state index is 0. The first-order chi connectivity index (χ1) is 3.29. The van der Waals surface area contributed by atoms with Gasteiger partial charge >= 0.3 is 51.4 Å². The Kier molecular flexibility index (Phi) is 4.40. The van der Waals surface area contributed by atoms with E-state index < -0.39 is 0 Å². The first-order valence-electron chi connectivity index (χ1n) is 1.85. The molecule has 38 valence electrons. The molecule has 0 fully saturated rings. The molecule has 0 amide bonds. The summed E-state index contributed by atoms with van der Waals surface area (Å²) in [6.07, 6.45) is 0. The van der Waals surface area contributed by atoms with Crippen LogP contribution in [0.3, 0.4) is 0 Å². The van der Waals surface area contributed by atoms with Crippen molar-refractivity contribution in [3.05, 3.63) is 10.6 Å². The van der Waals surface area contributed by atoms with E-state index in [1.807, 2.05) is 0 Å². The summed E-state index contributed by atoms with van der Waals surface area (Å²) >= 11 is 4.60. The Labute approximate surface area is 94.7 Å². The standard InChI is InChI=1S/C3H5N3S.K/c1-2-4-3(7)6-5-2;/h1H3,(H2,4,5,6,7);/q;+1/p-1. The molecule has 0 bridgehead atoms. The van der Waals surface area contributed by atoms with Gasteiger partial charge in [0.05, 0.1) is 4.77 Å². The number of rotatable bonds is 0. The molecule has 0 saturated carbocycles. The topological polar surface area (TPSA) is 42.8 Å². The zero-order valence-electron chi connectivity index (χ0n) is 4.80. The Morgan fingerprint density at radius 2 is 2.38 bits per heavy atom. The molecule has 0 aromatic carbocycles. The van der Waals surface area contributed by atoms with Crippen LogP contribution in [-0.4, -0.2) is 10.1 Å². The Morgan fingerprint density at radius 1 is 1.75 bits per heavy atom. The van der Waals surface area contributed by atoms with Crippen molar-refractivity contribution in [2.24, 2.45) is 0 Å². The smallest absolute Gasteiger partial charge is 0.415 e. The van der Waals surface area contributed by atoms with Gasteiger partial charge in [0, 0.05) is 0 Å². The van der Waals surface area contributed by atoms with Crippen molar-refractivity contribution in [2.45, 2.75) is 6.92 Å². The van der Waals surface area contributed by atoms with Gasteiger partial charge in [-0.25, -0.2) is 0 Å². The van der Waals surface area contributed by atoms with Gasteiger partial charge < -0.3 is 15.2 Å². The maximum atomic E-state index is 4.60. The molecular formula is C3H4KN3S. The first kappa shape index (κ1) is 9.00. The van der Waals surface area contributed by atoms with E-state index >= 15 is 0 Å². The third kappa shape index (κ3) is 2.52. The van der Waals surface area contributed by atoms with Crippen molar-refractivity contribution in [1.29, 1.82) is 0 Å². The van der Waals surface area contributed by atoms with Gasteiger partial charge in [0.1, 0.15) is 0 Å². The van der Waals surface area contributed by atoms with Gasteiger partial charge in [-0.05, 0) is 6.92 Å². The van der Waals surface area contributed by atoms with E-state index in [1.54, 1.807) is 6.92 Å². The third-order valence-electron chi connectivity index (χ3n) is 0.577. The van der Waals surface area contributed by atoms with Gasteiger partial charge in [0.2, 0.25) is 0 Å². The molecule has 0 atom stereocenters. The normalized spacial score (nSPS) is 8.12. The molecule has 1 N–H and O–H groups in total. The molecule has 1 rings (SSSR count). The quantitative estimate of drug-likeness (QED) is 0.328. The van der Waals surface area contributed by atoms with Gasteiger partial charge in [-0.1, -0.05) is 18.0 Å². The van der Waals surface area contributed by atoms with Crippen LogP contribution in [0.4, 0.5) is 0 Å². The van der Waals surface area contributed by atoms with E-state index in [4.69, 9.17) is 0 Å². The van der Waals surface area contributed by atoms with Gasteiger partial charge in [-0.2, -0.15) is 0 Å². The molecule has 1 aromatic rings. The SMILES string of the molecule is Cc1nc(=S)[nH][n-]1.[K+]. The summed E-state index contributed by atoms with van der Waals surface area (Å²) in [6.45, 7) is 1.78. The van der Waals surface area contributed by atoms with Gasteiger partial charge in [0.15, 0.2) is 0 Å². The first-order valence-corrected chi connectivity index (χ1v) is 2.26. The number of aromatic nitrogens is 3. The van der Waals surface area contributed by atoms with Gasteiger partial charge in [-0.3, -0.25) is 0 Å². The molecule has 5 heteroatoms. The van der Waals surface area contributed by atoms with E-state index in [1.165, 1.54) is 0 Å². The summed E-state index contributed by atoms with van der Waals surface area (Å²) in [7, 11) is 0. The van der Waals surface area contributed by atoms with Crippen LogP contribution in [-0.2, 0) is 0 Å². The molecule has 0 aliphatic heterocycles. The molecule has 0 unspecified atom stereocenters. The number of nitrogens with zero attached hydrogens (tertiary/aromatic N) is 2. The second kappa shape index (κ2) is 3.92. The Hall–Kier alpha value is 0.996. The van der Waals surface area contributed by atoms with Crippen molar-refractivity contribution in [3.63, 3.8) is 0 Å². The van der Waals surface area contributed by atoms with E-state index in [9.17, 15) is 0 Å². The fraction of sp³-hybridized carbons (Fsp3) is 0.333. The molecule has 0 aliphatic carbocycles. The second-order valence-corrected chi connectivity index (χ2v) is 1.57. The fourth-order valence-corrected chi connectivity index (χ4v) is 0.503. The molecule has 0 spiro atoms. The predicted molar refractivity (Wildman–Crippen MR) is 27.5 cm³/mol. The van der Waals surface area contributed by atoms with Crippen molar-refractivity contribution in [1.82, 2.24) is 15.2 Å². The summed E-state index contributed by atoms with van der Waals surface area (Å²) in [5, 5.41) is 6.20. The molecule has 0 saturated heterocycles. The molecule has 1 heterocycles. The van der Waals surface area contributed by atoms with Crippen LogP contribution in [0.2, 0.25) is 0 Å². The zero-order valence-corrected chi connectivity index (χ0v) is 8.74. The molecular weight excluding hydrogens is 149 g/mol. The zero-order chi connectivity index (χ0) is 5.28. The van der Waals surface area contributed by atoms with Crippen LogP contribution in [0.5, 0.6) is 0 Å². The van der Waals surface area contributed by atoms with Crippen LogP contribution in [0, 0.1) is 11.7 Å². The predicted octanol–water partition coefficient (Wildman–Crippen LogP) is -2.59. The number of H-pyrrole nitrogens is 1. The number of nitrogens with one attached hydrogen (secondary N) is 1. The largest absolute Gasteiger partial charge is 1.00 e. The summed E-state index contributed by atoms with van der Waals surface area (Å²) in [5.41, 5.74) is 0. The molecule has 3 nitrogen and oxygen atoms in total. The van der Waals surface area contributed by atoms with Gasteiger partial charge in [0.25, 0.3) is 0 Å². The van der Waals surface area contributed by atoms with Crippen molar-refractivity contribution in [2.75, 3.05) is 0 Å². The second-order valence-electron chi connectivity index (χ2n) is 1.19. The van der Waals surface area contributed by atoms with E-state index in [0.29, 0.717) is 10.6 Å². The molecule has 8 heavy (non-hydrogen) atoms. The van der Waals surface area contributed by atoms with Crippen LogP contribution in [0.1, 0.15) is 5.82 Å². The maximum absolute atomic E-state index is 4.60. The van der Waals surface area contributed by atoms with Crippen molar-refractivity contribution in [3.8, 4) is 0 Å². The molecule has 0 aliphatic rings. The summed E-state index contributed by atoms with van der Waals surface area (Å²) in [4.78, 5) is 3.76. The monoisotopic (exact) mass is 153 g/mol. The van der Waals surface area contributed by atoms with E-state index in [2.05, 4.69) is 27.4 Å². The summed E-state index contributed by atoms with van der Waals surface area (Å²) in [5.74, 6) is 0.699. The Morgan fingerprint density at radius 3 is 2.50 bits per heavy atom. The molecule has 0 radical (unpaired) electrons. The average Bonchev–Trinajstić information content (AvgIpc) is 1.87. The average molecular weight is 153 g/mol. The number of aromatic amines is 1. The van der Waals surface area contributed by atoms with Crippen LogP contribution in [0.25, 0.3) is 0 Å². The van der Waals surface area contributed by atoms with Gasteiger partial charge in [-0.15, -0.1) is 0 Å². The Balaban J connectivity index is 0.000000490. The van der Waals surface area contributed by atoms with Crippen LogP contribution < -0.4 is 56.5 Å². The maximum Gasteiger partial charge on any atom is 1.00 e. The fourth-order valence-electron chi connectivity index (χ4n) is 0.326. The van der Waals surface area contributed by atoms with Crippen molar-refractivity contribution < 1.29 is 51.4 Å². The summed E-state index contributed by atoms with van der Waals surface area (Å²) in [6, 6.07) is 0. The number of hydrogen-bond acceptors (Lipinski definition) is 2. The number of hydrogen-bond donors (Lipinski definition) is 1. The minimum absolute atomic E-state index is 0. The van der Waals surface area contributed by atoms with Crippen LogP contribution >= 0.6 is 12.2 Å².